The van der Waals surface area contributed by atoms with Gasteiger partial charge in [0.15, 0.2) is 6.10 Å². The summed E-state index contributed by atoms with van der Waals surface area (Å²) in [7, 11) is 0. The average Bonchev–Trinajstić information content (AvgIpc) is 3.22. The van der Waals surface area contributed by atoms with Crippen LogP contribution in [0.4, 0.5) is 0 Å². The lowest BCUT2D eigenvalue weighted by molar-refractivity contribution is -0.167. The zero-order chi connectivity index (χ0) is 42.4. The second-order valence-corrected chi connectivity index (χ2v) is 18.1. The van der Waals surface area contributed by atoms with Gasteiger partial charge in [-0.3, -0.25) is 14.4 Å². The number of hydrogen-bond donors (Lipinski definition) is 0. The fraction of sp³-hybridized carbons (Fsp3) is 0.942. The highest BCUT2D eigenvalue weighted by molar-refractivity contribution is 5.71. The van der Waals surface area contributed by atoms with Gasteiger partial charge in [-0.25, -0.2) is 0 Å². The molecule has 0 aromatic carbocycles. The molecule has 0 radical (unpaired) electrons. The summed E-state index contributed by atoms with van der Waals surface area (Å²) in [5, 5.41) is 0. The van der Waals surface area contributed by atoms with Crippen molar-refractivity contribution >= 4 is 17.9 Å². The monoisotopic (exact) mass is 821 g/mol. The molecule has 0 aromatic rings. The standard InChI is InChI=1S/C52H100O6/c1-5-8-10-12-14-16-18-19-20-21-22-23-24-25-27-29-31-37-41-45-52(55)58-49(47-57-51(54)44-40-36-33-32-34-38-42-48(4)7-3)46-56-50(53)43-39-35-30-28-26-17-15-13-11-9-6-2/h48-49H,5-47H2,1-4H3/t48?,49-/m1/s1. The van der Waals surface area contributed by atoms with Gasteiger partial charge >= 0.3 is 17.9 Å². The van der Waals surface area contributed by atoms with E-state index in [0.29, 0.717) is 19.3 Å². The normalized spacial score (nSPS) is 12.4. The maximum atomic E-state index is 12.8. The minimum Gasteiger partial charge on any atom is -0.462 e. The lowest BCUT2D eigenvalue weighted by Gasteiger charge is -2.18. The number of esters is 3. The van der Waals surface area contributed by atoms with Crippen molar-refractivity contribution in [2.75, 3.05) is 13.2 Å². The zero-order valence-electron chi connectivity index (χ0n) is 39.5. The summed E-state index contributed by atoms with van der Waals surface area (Å²) < 4.78 is 16.8. The first kappa shape index (κ1) is 56.4. The third-order valence-corrected chi connectivity index (χ3v) is 12.2. The van der Waals surface area contributed by atoms with Gasteiger partial charge in [0.05, 0.1) is 0 Å². The summed E-state index contributed by atoms with van der Waals surface area (Å²) in [6, 6.07) is 0. The first-order chi connectivity index (χ1) is 28.4. The van der Waals surface area contributed by atoms with Gasteiger partial charge < -0.3 is 14.2 Å². The molecule has 0 N–H and O–H groups in total. The van der Waals surface area contributed by atoms with Crippen LogP contribution in [0.25, 0.3) is 0 Å². The van der Waals surface area contributed by atoms with Gasteiger partial charge in [0.1, 0.15) is 13.2 Å². The summed E-state index contributed by atoms with van der Waals surface area (Å²) >= 11 is 0. The van der Waals surface area contributed by atoms with Gasteiger partial charge in [0.25, 0.3) is 0 Å². The van der Waals surface area contributed by atoms with Crippen molar-refractivity contribution in [2.24, 2.45) is 5.92 Å². The summed E-state index contributed by atoms with van der Waals surface area (Å²) in [5.74, 6) is -0.0351. The van der Waals surface area contributed by atoms with E-state index in [-0.39, 0.29) is 31.1 Å². The van der Waals surface area contributed by atoms with Crippen molar-refractivity contribution in [1.29, 1.82) is 0 Å². The van der Waals surface area contributed by atoms with E-state index in [9.17, 15) is 14.4 Å². The van der Waals surface area contributed by atoms with E-state index in [0.717, 1.165) is 63.7 Å². The molecular weight excluding hydrogens is 721 g/mol. The van der Waals surface area contributed by atoms with Crippen LogP contribution in [0.5, 0.6) is 0 Å². The Labute approximate surface area is 361 Å². The van der Waals surface area contributed by atoms with Gasteiger partial charge in [-0.05, 0) is 25.2 Å². The smallest absolute Gasteiger partial charge is 0.306 e. The van der Waals surface area contributed by atoms with Crippen LogP contribution in [0.3, 0.4) is 0 Å². The van der Waals surface area contributed by atoms with Crippen molar-refractivity contribution in [1.82, 2.24) is 0 Å². The maximum Gasteiger partial charge on any atom is 0.306 e. The van der Waals surface area contributed by atoms with E-state index >= 15 is 0 Å². The van der Waals surface area contributed by atoms with Crippen LogP contribution in [-0.4, -0.2) is 37.2 Å². The molecule has 0 fully saturated rings. The molecule has 0 bridgehead atoms. The number of unbranched alkanes of at least 4 members (excludes halogenated alkanes) is 33. The molecular formula is C52H100O6. The van der Waals surface area contributed by atoms with Gasteiger partial charge in [-0.1, -0.05) is 252 Å². The highest BCUT2D eigenvalue weighted by Gasteiger charge is 2.19. The molecule has 6 nitrogen and oxygen atoms in total. The van der Waals surface area contributed by atoms with Crippen molar-refractivity contribution in [3.8, 4) is 0 Å². The van der Waals surface area contributed by atoms with E-state index in [1.165, 1.54) is 186 Å². The van der Waals surface area contributed by atoms with Crippen LogP contribution in [-0.2, 0) is 28.6 Å². The Morgan fingerprint density at radius 3 is 0.897 bits per heavy atom. The molecule has 1 unspecified atom stereocenters. The second-order valence-electron chi connectivity index (χ2n) is 18.1. The largest absolute Gasteiger partial charge is 0.462 e. The summed E-state index contributed by atoms with van der Waals surface area (Å²) in [4.78, 5) is 37.9. The van der Waals surface area contributed by atoms with Crippen molar-refractivity contribution in [3.63, 3.8) is 0 Å². The molecule has 2 atom stereocenters. The number of hydrogen-bond acceptors (Lipinski definition) is 6. The average molecular weight is 821 g/mol. The third-order valence-electron chi connectivity index (χ3n) is 12.2. The molecule has 58 heavy (non-hydrogen) atoms. The maximum absolute atomic E-state index is 12.8. The Kier molecular flexibility index (Phi) is 45.2. The van der Waals surface area contributed by atoms with E-state index in [1.807, 2.05) is 0 Å². The molecule has 0 aliphatic heterocycles. The summed E-state index contributed by atoms with van der Waals surface area (Å²) in [5.41, 5.74) is 0. The quantitative estimate of drug-likeness (QED) is 0.0346. The molecule has 0 aliphatic carbocycles. The molecule has 0 aliphatic rings. The molecule has 344 valence electrons. The van der Waals surface area contributed by atoms with Crippen LogP contribution < -0.4 is 0 Å². The number of rotatable bonds is 47. The van der Waals surface area contributed by atoms with E-state index in [4.69, 9.17) is 14.2 Å². The zero-order valence-corrected chi connectivity index (χ0v) is 39.5. The Hall–Kier alpha value is -1.59. The first-order valence-electron chi connectivity index (χ1n) is 25.9. The summed E-state index contributed by atoms with van der Waals surface area (Å²) in [6.45, 7) is 8.99. The molecule has 0 saturated heterocycles. The van der Waals surface area contributed by atoms with Gasteiger partial charge in [0, 0.05) is 19.3 Å². The van der Waals surface area contributed by atoms with Crippen molar-refractivity contribution in [2.45, 2.75) is 297 Å². The van der Waals surface area contributed by atoms with E-state index in [2.05, 4.69) is 27.7 Å². The molecule has 0 spiro atoms. The van der Waals surface area contributed by atoms with Gasteiger partial charge in [-0.2, -0.15) is 0 Å². The van der Waals surface area contributed by atoms with Crippen LogP contribution in [0.15, 0.2) is 0 Å². The Morgan fingerprint density at radius 1 is 0.345 bits per heavy atom. The lowest BCUT2D eigenvalue weighted by atomic mass is 10.00. The molecule has 0 aromatic heterocycles. The van der Waals surface area contributed by atoms with Crippen LogP contribution in [0, 0.1) is 5.92 Å². The van der Waals surface area contributed by atoms with Crippen LogP contribution in [0.1, 0.15) is 291 Å². The highest BCUT2D eigenvalue weighted by Crippen LogP contribution is 2.17. The van der Waals surface area contributed by atoms with Crippen molar-refractivity contribution < 1.29 is 28.6 Å². The number of ether oxygens (including phenoxy) is 3. The van der Waals surface area contributed by atoms with Gasteiger partial charge in [-0.15, -0.1) is 0 Å². The topological polar surface area (TPSA) is 78.9 Å². The minimum atomic E-state index is -0.761. The molecule has 0 saturated carbocycles. The first-order valence-corrected chi connectivity index (χ1v) is 25.9. The Morgan fingerprint density at radius 2 is 0.603 bits per heavy atom. The third kappa shape index (κ3) is 44.0. The minimum absolute atomic E-state index is 0.0638. The SMILES string of the molecule is CCCCCCCCCCCCCCCCCCCCCC(=O)O[C@H](COC(=O)CCCCCCCCCCCCC)COC(=O)CCCCCCCCC(C)CC. The fourth-order valence-corrected chi connectivity index (χ4v) is 7.83. The van der Waals surface area contributed by atoms with Crippen LogP contribution in [0.2, 0.25) is 0 Å². The van der Waals surface area contributed by atoms with Crippen molar-refractivity contribution in [3.05, 3.63) is 0 Å². The van der Waals surface area contributed by atoms with E-state index < -0.39 is 6.10 Å². The number of carbonyl (C=O) groups excluding carboxylic acids is 3. The highest BCUT2D eigenvalue weighted by atomic mass is 16.6. The molecule has 0 amide bonds. The second kappa shape index (κ2) is 46.5. The molecule has 0 heterocycles. The molecule has 0 rings (SSSR count). The predicted octanol–water partition coefficient (Wildman–Crippen LogP) is 16.7. The predicted molar refractivity (Wildman–Crippen MR) is 247 cm³/mol. The Balaban J connectivity index is 4.25. The van der Waals surface area contributed by atoms with Crippen LogP contribution >= 0.6 is 0 Å². The Bertz CT molecular complexity index is 874. The number of carbonyl (C=O) groups is 3. The fourth-order valence-electron chi connectivity index (χ4n) is 7.83. The summed E-state index contributed by atoms with van der Waals surface area (Å²) in [6.07, 6.45) is 48.1. The lowest BCUT2D eigenvalue weighted by Crippen LogP contribution is -2.30. The van der Waals surface area contributed by atoms with Gasteiger partial charge in [0.2, 0.25) is 0 Å². The van der Waals surface area contributed by atoms with E-state index in [1.54, 1.807) is 0 Å². The molecule has 6 heteroatoms.